The fraction of sp³-hybridized carbons (Fsp3) is 0. The summed E-state index contributed by atoms with van der Waals surface area (Å²) < 4.78 is 7.27. The van der Waals surface area contributed by atoms with Crippen LogP contribution in [0.25, 0.3) is 115 Å². The van der Waals surface area contributed by atoms with Crippen LogP contribution in [-0.2, 0) is 0 Å². The molecule has 4 aromatic heterocycles. The van der Waals surface area contributed by atoms with Crippen LogP contribution < -0.4 is 0 Å². The maximum atomic E-state index is 2.45. The number of rotatable bonds is 4. The molecule has 0 spiro atoms. The summed E-state index contributed by atoms with van der Waals surface area (Å²) in [5.41, 5.74) is 15.8. The van der Waals surface area contributed by atoms with Crippen molar-refractivity contribution >= 4 is 81.7 Å². The van der Waals surface area contributed by atoms with Gasteiger partial charge in [-0.05, 0) is 107 Å². The summed E-state index contributed by atoms with van der Waals surface area (Å²) >= 11 is 0. The van der Waals surface area contributed by atoms with Gasteiger partial charge in [0.25, 0.3) is 0 Å². The van der Waals surface area contributed by atoms with Gasteiger partial charge in [-0.15, -0.1) is 0 Å². The lowest BCUT2D eigenvalue weighted by Gasteiger charge is -2.10. The van der Waals surface area contributed by atoms with Crippen LogP contribution in [0.1, 0.15) is 0 Å². The minimum Gasteiger partial charge on any atom is -0.309 e. The van der Waals surface area contributed by atoms with Gasteiger partial charge in [-0.2, -0.15) is 0 Å². The van der Waals surface area contributed by atoms with Crippen LogP contribution in [0.3, 0.4) is 0 Å². The first-order valence-electron chi connectivity index (χ1n) is 19.7. The Kier molecular flexibility index (Phi) is 6.16. The van der Waals surface area contributed by atoms with Crippen LogP contribution in [0, 0.1) is 0 Å². The van der Waals surface area contributed by atoms with E-state index in [9.17, 15) is 0 Å². The number of aromatic nitrogens is 3. The molecular weight excluding hydrogens is 691 g/mol. The summed E-state index contributed by atoms with van der Waals surface area (Å²) in [4.78, 5) is 0. The normalized spacial score (nSPS) is 12.2. The van der Waals surface area contributed by atoms with Gasteiger partial charge in [-0.25, -0.2) is 0 Å². The number of hydrogen-bond donors (Lipinski definition) is 0. The van der Waals surface area contributed by atoms with E-state index in [1.54, 1.807) is 0 Å². The molecule has 0 aliphatic rings. The molecule has 4 heterocycles. The maximum absolute atomic E-state index is 2.45. The highest BCUT2D eigenvalue weighted by Crippen LogP contribution is 2.43. The van der Waals surface area contributed by atoms with Gasteiger partial charge >= 0.3 is 0 Å². The molecule has 3 heteroatoms. The number of para-hydroxylation sites is 5. The van der Waals surface area contributed by atoms with E-state index >= 15 is 0 Å². The van der Waals surface area contributed by atoms with Crippen molar-refractivity contribution in [1.29, 1.82) is 0 Å². The molecular formula is C54H33N3. The minimum absolute atomic E-state index is 1.16. The van der Waals surface area contributed by atoms with E-state index in [0.717, 1.165) is 5.69 Å². The number of fused-ring (bicyclic) bond motifs is 12. The molecule has 0 saturated carbocycles. The van der Waals surface area contributed by atoms with E-state index in [4.69, 9.17) is 0 Å². The van der Waals surface area contributed by atoms with Crippen molar-refractivity contribution in [3.8, 4) is 33.6 Å². The van der Waals surface area contributed by atoms with E-state index in [1.807, 2.05) is 0 Å². The van der Waals surface area contributed by atoms with Crippen molar-refractivity contribution < 1.29 is 0 Å². The highest BCUT2D eigenvalue weighted by molar-refractivity contribution is 6.24. The summed E-state index contributed by atoms with van der Waals surface area (Å²) in [5, 5.41) is 10.2. The van der Waals surface area contributed by atoms with E-state index in [0.29, 0.717) is 0 Å². The second kappa shape index (κ2) is 11.5. The molecule has 264 valence electrons. The van der Waals surface area contributed by atoms with Crippen molar-refractivity contribution in [3.05, 3.63) is 200 Å². The molecule has 0 bridgehead atoms. The van der Waals surface area contributed by atoms with Crippen molar-refractivity contribution in [3.63, 3.8) is 0 Å². The second-order valence-electron chi connectivity index (χ2n) is 15.3. The lowest BCUT2D eigenvalue weighted by molar-refractivity contribution is 1.18. The quantitative estimate of drug-likeness (QED) is 0.172. The molecule has 0 N–H and O–H groups in total. The number of nitrogens with zero attached hydrogens (tertiary/aromatic N) is 3. The fourth-order valence-corrected chi connectivity index (χ4v) is 9.86. The third-order valence-electron chi connectivity index (χ3n) is 12.3. The molecule has 0 atom stereocenters. The molecule has 0 aliphatic heterocycles. The van der Waals surface area contributed by atoms with Gasteiger partial charge in [0.05, 0.1) is 38.6 Å². The average Bonchev–Trinajstić information content (AvgIpc) is 4.00. The Morgan fingerprint density at radius 2 is 0.614 bits per heavy atom. The first kappa shape index (κ1) is 30.7. The molecule has 3 nitrogen and oxygen atoms in total. The summed E-state index contributed by atoms with van der Waals surface area (Å²) in [6.45, 7) is 0. The molecule has 0 radical (unpaired) electrons. The van der Waals surface area contributed by atoms with Crippen molar-refractivity contribution in [2.75, 3.05) is 0 Å². The van der Waals surface area contributed by atoms with Gasteiger partial charge < -0.3 is 13.5 Å². The van der Waals surface area contributed by atoms with Crippen LogP contribution in [-0.4, -0.2) is 13.5 Å². The smallest absolute Gasteiger partial charge is 0.0620 e. The molecule has 0 fully saturated rings. The third-order valence-corrected chi connectivity index (χ3v) is 12.3. The van der Waals surface area contributed by atoms with Crippen molar-refractivity contribution in [1.82, 2.24) is 13.5 Å². The predicted octanol–water partition coefficient (Wildman–Crippen LogP) is 14.4. The molecule has 0 unspecified atom stereocenters. The van der Waals surface area contributed by atoms with Crippen LogP contribution in [0.2, 0.25) is 0 Å². The first-order valence-corrected chi connectivity index (χ1v) is 19.7. The monoisotopic (exact) mass is 723 g/mol. The lowest BCUT2D eigenvalue weighted by Crippen LogP contribution is -1.93. The summed E-state index contributed by atoms with van der Waals surface area (Å²) in [6.07, 6.45) is 0. The predicted molar refractivity (Wildman–Crippen MR) is 241 cm³/mol. The number of benzene rings is 9. The Morgan fingerprint density at radius 1 is 0.228 bits per heavy atom. The standard InChI is InChI=1S/C54H33N3/c1-3-13-38(14-4-1)55-51-27-24-34(36-23-26-43-40-17-7-10-20-48(40)56(53(43)33-36)39-15-5-2-6-16-39)29-44(51)45-30-35(25-28-52(45)55)37-31-46-41-18-8-11-21-49(41)57-50-22-12-9-19-42(50)47(32-37)54(46)57/h1-33H. The zero-order valence-electron chi connectivity index (χ0n) is 30.9. The Labute approximate surface area is 327 Å². The van der Waals surface area contributed by atoms with Gasteiger partial charge in [0.2, 0.25) is 0 Å². The zero-order valence-corrected chi connectivity index (χ0v) is 30.9. The van der Waals surface area contributed by atoms with Crippen LogP contribution in [0.4, 0.5) is 0 Å². The first-order chi connectivity index (χ1) is 28.3. The maximum Gasteiger partial charge on any atom is 0.0620 e. The molecule has 13 rings (SSSR count). The summed E-state index contributed by atoms with van der Waals surface area (Å²) in [5.74, 6) is 0. The van der Waals surface area contributed by atoms with Gasteiger partial charge in [0.15, 0.2) is 0 Å². The van der Waals surface area contributed by atoms with E-state index in [-0.39, 0.29) is 0 Å². The van der Waals surface area contributed by atoms with Gasteiger partial charge in [0, 0.05) is 54.5 Å². The minimum atomic E-state index is 1.16. The van der Waals surface area contributed by atoms with Crippen LogP contribution in [0.5, 0.6) is 0 Å². The van der Waals surface area contributed by atoms with E-state index in [2.05, 4.69) is 214 Å². The molecule has 0 aliphatic carbocycles. The largest absolute Gasteiger partial charge is 0.309 e. The average molecular weight is 724 g/mol. The summed E-state index contributed by atoms with van der Waals surface area (Å²) in [7, 11) is 0. The van der Waals surface area contributed by atoms with E-state index < -0.39 is 0 Å². The molecule has 13 aromatic rings. The molecule has 0 amide bonds. The van der Waals surface area contributed by atoms with Gasteiger partial charge in [0.1, 0.15) is 0 Å². The molecule has 0 saturated heterocycles. The highest BCUT2D eigenvalue weighted by Gasteiger charge is 2.20. The molecule has 57 heavy (non-hydrogen) atoms. The Hall–Kier alpha value is -7.62. The second-order valence-corrected chi connectivity index (χ2v) is 15.3. The van der Waals surface area contributed by atoms with Crippen molar-refractivity contribution in [2.24, 2.45) is 0 Å². The van der Waals surface area contributed by atoms with Crippen LogP contribution in [0.15, 0.2) is 200 Å². The number of hydrogen-bond acceptors (Lipinski definition) is 0. The Morgan fingerprint density at radius 3 is 1.19 bits per heavy atom. The van der Waals surface area contributed by atoms with Crippen LogP contribution >= 0.6 is 0 Å². The zero-order chi connectivity index (χ0) is 37.2. The van der Waals surface area contributed by atoms with E-state index in [1.165, 1.54) is 110 Å². The summed E-state index contributed by atoms with van der Waals surface area (Å²) in [6, 6.07) is 73.7. The fourth-order valence-electron chi connectivity index (χ4n) is 9.86. The van der Waals surface area contributed by atoms with Gasteiger partial charge in [-0.1, -0.05) is 115 Å². The lowest BCUT2D eigenvalue weighted by atomic mass is 9.97. The SMILES string of the molecule is c1ccc(-n2c3ccc(-c4cc5c6ccccc6n6c7ccccc7c(c4)c56)cc3c3cc(-c4ccc5c6ccccc6n(-c6ccccc6)c5c4)ccc32)cc1. The highest BCUT2D eigenvalue weighted by atomic mass is 15.0. The Balaban J connectivity index is 1.05. The Bertz CT molecular complexity index is 3650. The molecule has 9 aromatic carbocycles. The van der Waals surface area contributed by atoms with Gasteiger partial charge in [-0.3, -0.25) is 0 Å². The third kappa shape index (κ3) is 4.26. The van der Waals surface area contributed by atoms with Crippen molar-refractivity contribution in [2.45, 2.75) is 0 Å². The topological polar surface area (TPSA) is 14.3 Å².